The molecule has 2 fully saturated rings. The van der Waals surface area contributed by atoms with E-state index >= 15 is 0 Å². The lowest BCUT2D eigenvalue weighted by Crippen LogP contribution is -2.44. The van der Waals surface area contributed by atoms with Gasteiger partial charge in [0.25, 0.3) is 0 Å². The number of halogens is 1. The fraction of sp³-hybridized carbons (Fsp3) is 0.458. The molecule has 2 aliphatic heterocycles. The summed E-state index contributed by atoms with van der Waals surface area (Å²) in [7, 11) is 2.15. The first-order chi connectivity index (χ1) is 14.6. The molecule has 30 heavy (non-hydrogen) atoms. The highest BCUT2D eigenvalue weighted by molar-refractivity contribution is 5.92. The van der Waals surface area contributed by atoms with Crippen LogP contribution in [0.25, 0.3) is 0 Å². The number of anilines is 2. The van der Waals surface area contributed by atoms with E-state index in [0.29, 0.717) is 6.54 Å². The van der Waals surface area contributed by atoms with Crippen LogP contribution in [0.15, 0.2) is 48.5 Å². The molecule has 6 heteroatoms. The lowest BCUT2D eigenvalue weighted by atomic mass is 9.95. The van der Waals surface area contributed by atoms with Crippen molar-refractivity contribution in [1.82, 2.24) is 9.80 Å². The van der Waals surface area contributed by atoms with E-state index in [0.717, 1.165) is 63.4 Å². The Bertz CT molecular complexity index is 841. The van der Waals surface area contributed by atoms with Crippen molar-refractivity contribution in [1.29, 1.82) is 0 Å². The van der Waals surface area contributed by atoms with Crippen molar-refractivity contribution in [3.63, 3.8) is 0 Å². The van der Waals surface area contributed by atoms with Crippen LogP contribution < -0.4 is 10.2 Å². The first kappa shape index (κ1) is 20.8. The van der Waals surface area contributed by atoms with Gasteiger partial charge in [0.05, 0.1) is 0 Å². The number of nitrogens with zero attached hydrogens (tertiary/aromatic N) is 3. The van der Waals surface area contributed by atoms with Gasteiger partial charge in [-0.15, -0.1) is 0 Å². The Hall–Kier alpha value is -2.44. The molecular weight excluding hydrogens is 379 g/mol. The number of piperidine rings is 1. The number of hydrogen-bond donors (Lipinski definition) is 1. The summed E-state index contributed by atoms with van der Waals surface area (Å²) in [5.74, 6) is -0.0514. The monoisotopic (exact) mass is 410 g/mol. The summed E-state index contributed by atoms with van der Waals surface area (Å²) in [4.78, 5) is 19.7. The van der Waals surface area contributed by atoms with Gasteiger partial charge in [0.2, 0.25) is 5.91 Å². The van der Waals surface area contributed by atoms with Crippen LogP contribution in [0.2, 0.25) is 0 Å². The van der Waals surface area contributed by atoms with Gasteiger partial charge in [-0.1, -0.05) is 18.2 Å². The molecule has 2 heterocycles. The Morgan fingerprint density at radius 3 is 2.30 bits per heavy atom. The van der Waals surface area contributed by atoms with Crippen LogP contribution in [0.4, 0.5) is 15.8 Å². The topological polar surface area (TPSA) is 38.8 Å². The Morgan fingerprint density at radius 1 is 0.967 bits per heavy atom. The maximum atomic E-state index is 13.9. The highest BCUT2D eigenvalue weighted by atomic mass is 19.1. The van der Waals surface area contributed by atoms with Gasteiger partial charge in [-0.3, -0.25) is 9.69 Å². The number of likely N-dealkylation sites (N-methyl/N-ethyl adjacent to an activating group) is 1. The number of piperazine rings is 1. The van der Waals surface area contributed by atoms with Gasteiger partial charge in [-0.25, -0.2) is 4.39 Å². The van der Waals surface area contributed by atoms with Crippen molar-refractivity contribution in [3.05, 3.63) is 59.9 Å². The number of nitrogens with one attached hydrogen (secondary N) is 1. The summed E-state index contributed by atoms with van der Waals surface area (Å²) in [6.45, 7) is 6.46. The molecule has 0 atom stereocenters. The van der Waals surface area contributed by atoms with Crippen molar-refractivity contribution in [2.24, 2.45) is 5.92 Å². The Balaban J connectivity index is 1.25. The standard InChI is InChI=1S/C24H31FN4O/c1-27-14-16-29(17-15-27)22-8-6-21(7-9-22)26-24(30)19-10-12-28(13-11-19)18-20-4-2-3-5-23(20)25/h2-9,19H,10-18H2,1H3,(H,26,30). The largest absolute Gasteiger partial charge is 0.369 e. The van der Waals surface area contributed by atoms with Gasteiger partial charge in [-0.05, 0) is 63.3 Å². The third-order valence-electron chi connectivity index (χ3n) is 6.31. The van der Waals surface area contributed by atoms with E-state index in [1.807, 2.05) is 24.3 Å². The van der Waals surface area contributed by atoms with E-state index in [2.05, 4.69) is 39.2 Å². The molecular formula is C24H31FN4O. The first-order valence-electron chi connectivity index (χ1n) is 10.9. The maximum Gasteiger partial charge on any atom is 0.227 e. The van der Waals surface area contributed by atoms with Crippen molar-refractivity contribution >= 4 is 17.3 Å². The van der Waals surface area contributed by atoms with Gasteiger partial charge in [0, 0.05) is 55.6 Å². The Kier molecular flexibility index (Phi) is 6.65. The minimum atomic E-state index is -0.155. The van der Waals surface area contributed by atoms with Crippen LogP contribution in [0.3, 0.4) is 0 Å². The second-order valence-electron chi connectivity index (χ2n) is 8.47. The number of carbonyl (C=O) groups excluding carboxylic acids is 1. The van der Waals surface area contributed by atoms with Gasteiger partial charge < -0.3 is 15.1 Å². The van der Waals surface area contributed by atoms with E-state index in [1.165, 1.54) is 11.8 Å². The summed E-state index contributed by atoms with van der Waals surface area (Å²) < 4.78 is 13.9. The molecule has 0 bridgehead atoms. The smallest absolute Gasteiger partial charge is 0.227 e. The van der Waals surface area contributed by atoms with Crippen LogP contribution in [0.5, 0.6) is 0 Å². The van der Waals surface area contributed by atoms with Gasteiger partial charge >= 0.3 is 0 Å². The van der Waals surface area contributed by atoms with E-state index in [-0.39, 0.29) is 17.6 Å². The molecule has 2 saturated heterocycles. The quantitative estimate of drug-likeness (QED) is 0.820. The molecule has 4 rings (SSSR count). The molecule has 5 nitrogen and oxygen atoms in total. The van der Waals surface area contributed by atoms with Crippen LogP contribution in [-0.4, -0.2) is 62.0 Å². The minimum Gasteiger partial charge on any atom is -0.369 e. The van der Waals surface area contributed by atoms with E-state index < -0.39 is 0 Å². The summed E-state index contributed by atoms with van der Waals surface area (Å²) >= 11 is 0. The van der Waals surface area contributed by atoms with Gasteiger partial charge in [-0.2, -0.15) is 0 Å². The fourth-order valence-corrected chi connectivity index (χ4v) is 4.29. The summed E-state index contributed by atoms with van der Waals surface area (Å²) in [6, 6.07) is 15.1. The van der Waals surface area contributed by atoms with Crippen molar-refractivity contribution in [3.8, 4) is 0 Å². The van der Waals surface area contributed by atoms with Crippen LogP contribution in [0.1, 0.15) is 18.4 Å². The zero-order valence-electron chi connectivity index (χ0n) is 17.7. The first-order valence-corrected chi connectivity index (χ1v) is 10.9. The van der Waals surface area contributed by atoms with Crippen molar-refractivity contribution in [2.45, 2.75) is 19.4 Å². The number of carbonyl (C=O) groups is 1. The third kappa shape index (κ3) is 5.18. The van der Waals surface area contributed by atoms with E-state index in [1.54, 1.807) is 6.07 Å². The summed E-state index contributed by atoms with van der Waals surface area (Å²) in [6.07, 6.45) is 1.61. The molecule has 0 radical (unpaired) electrons. The normalized spacial score (nSPS) is 19.1. The number of rotatable bonds is 5. The average molecular weight is 411 g/mol. The molecule has 0 aromatic heterocycles. The molecule has 0 saturated carbocycles. The molecule has 0 spiro atoms. The number of amides is 1. The number of benzene rings is 2. The molecule has 160 valence electrons. The van der Waals surface area contributed by atoms with Crippen molar-refractivity contribution < 1.29 is 9.18 Å². The van der Waals surface area contributed by atoms with E-state index in [9.17, 15) is 9.18 Å². The summed E-state index contributed by atoms with van der Waals surface area (Å²) in [5.41, 5.74) is 2.79. The van der Waals surface area contributed by atoms with E-state index in [4.69, 9.17) is 0 Å². The second kappa shape index (κ2) is 9.58. The van der Waals surface area contributed by atoms with Crippen LogP contribution >= 0.6 is 0 Å². The van der Waals surface area contributed by atoms with Crippen LogP contribution in [0, 0.1) is 11.7 Å². The molecule has 2 aliphatic rings. The lowest BCUT2D eigenvalue weighted by molar-refractivity contribution is -0.121. The van der Waals surface area contributed by atoms with Gasteiger partial charge in [0.15, 0.2) is 0 Å². The SMILES string of the molecule is CN1CCN(c2ccc(NC(=O)C3CCN(Cc4ccccc4F)CC3)cc2)CC1. The molecule has 1 N–H and O–H groups in total. The zero-order chi connectivity index (χ0) is 20.9. The predicted molar refractivity (Wildman–Crippen MR) is 119 cm³/mol. The second-order valence-corrected chi connectivity index (χ2v) is 8.47. The maximum absolute atomic E-state index is 13.9. The molecule has 2 aromatic rings. The van der Waals surface area contributed by atoms with Crippen molar-refractivity contribution in [2.75, 3.05) is 56.5 Å². The Labute approximate surface area is 178 Å². The van der Waals surface area contributed by atoms with Gasteiger partial charge in [0.1, 0.15) is 5.82 Å². The summed E-state index contributed by atoms with van der Waals surface area (Å²) in [5, 5.41) is 3.08. The molecule has 2 aromatic carbocycles. The van der Waals surface area contributed by atoms with Crippen LogP contribution in [-0.2, 0) is 11.3 Å². The number of hydrogen-bond acceptors (Lipinski definition) is 4. The lowest BCUT2D eigenvalue weighted by Gasteiger charge is -2.34. The minimum absolute atomic E-state index is 0.0131. The highest BCUT2D eigenvalue weighted by Crippen LogP contribution is 2.23. The highest BCUT2D eigenvalue weighted by Gasteiger charge is 2.25. The number of likely N-dealkylation sites (tertiary alicyclic amines) is 1. The average Bonchev–Trinajstić information content (AvgIpc) is 2.77. The Morgan fingerprint density at radius 2 is 1.63 bits per heavy atom. The molecule has 0 aliphatic carbocycles. The predicted octanol–water partition coefficient (Wildman–Crippen LogP) is 3.43. The fourth-order valence-electron chi connectivity index (χ4n) is 4.29. The zero-order valence-corrected chi connectivity index (χ0v) is 17.7. The molecule has 0 unspecified atom stereocenters. The molecule has 1 amide bonds. The third-order valence-corrected chi connectivity index (χ3v) is 6.31.